The number of ether oxygens (including phenoxy) is 1. The lowest BCUT2D eigenvalue weighted by molar-refractivity contribution is 0.402. The molecule has 0 saturated heterocycles. The molecule has 27 heavy (non-hydrogen) atoms. The molecule has 0 aromatic carbocycles. The van der Waals surface area contributed by atoms with Crippen LogP contribution in [0.15, 0.2) is 37.1 Å². The van der Waals surface area contributed by atoms with Crippen LogP contribution in [0.25, 0.3) is 11.0 Å². The fraction of sp³-hybridized carbons (Fsp3) is 0.263. The third-order valence-electron chi connectivity index (χ3n) is 4.47. The summed E-state index contributed by atoms with van der Waals surface area (Å²) in [6.07, 6.45) is 7.89. The van der Waals surface area contributed by atoms with Gasteiger partial charge in [0.15, 0.2) is 0 Å². The summed E-state index contributed by atoms with van der Waals surface area (Å²) in [4.78, 5) is 15.5. The zero-order valence-corrected chi connectivity index (χ0v) is 15.1. The highest BCUT2D eigenvalue weighted by molar-refractivity contribution is 5.85. The summed E-state index contributed by atoms with van der Waals surface area (Å²) in [6.45, 7) is 2.83. The lowest BCUT2D eigenvalue weighted by Gasteiger charge is -2.06. The number of nitrogens with zero attached hydrogens (tertiary/aromatic N) is 5. The molecule has 4 aromatic rings. The first kappa shape index (κ1) is 17.1. The number of rotatable bonds is 6. The summed E-state index contributed by atoms with van der Waals surface area (Å²) in [7, 11) is 1.55. The molecular formula is C19H19FN6O. The summed E-state index contributed by atoms with van der Waals surface area (Å²) in [6, 6.07) is 3.63. The summed E-state index contributed by atoms with van der Waals surface area (Å²) in [5, 5.41) is 4.99. The topological polar surface area (TPSA) is 81.5 Å². The van der Waals surface area contributed by atoms with Gasteiger partial charge in [0, 0.05) is 43.0 Å². The van der Waals surface area contributed by atoms with Crippen molar-refractivity contribution in [2.45, 2.75) is 26.3 Å². The number of nitrogens with one attached hydrogen (secondary N) is 1. The third-order valence-corrected chi connectivity index (χ3v) is 4.47. The smallest absolute Gasteiger partial charge is 0.226 e. The van der Waals surface area contributed by atoms with E-state index in [0.29, 0.717) is 35.6 Å². The number of aryl methyl sites for hydroxylation is 1. The minimum Gasteiger partial charge on any atom is -0.480 e. The van der Waals surface area contributed by atoms with Gasteiger partial charge in [-0.15, -0.1) is 0 Å². The summed E-state index contributed by atoms with van der Waals surface area (Å²) in [5.74, 6) is -0.00489. The van der Waals surface area contributed by atoms with Crippen molar-refractivity contribution >= 4 is 11.0 Å². The van der Waals surface area contributed by atoms with Crippen LogP contribution in [0, 0.1) is 5.95 Å². The number of halogens is 1. The van der Waals surface area contributed by atoms with Crippen molar-refractivity contribution < 1.29 is 9.13 Å². The second-order valence-electron chi connectivity index (χ2n) is 6.23. The van der Waals surface area contributed by atoms with Crippen LogP contribution < -0.4 is 4.74 Å². The molecule has 8 heteroatoms. The van der Waals surface area contributed by atoms with E-state index in [9.17, 15) is 4.39 Å². The van der Waals surface area contributed by atoms with Crippen molar-refractivity contribution in [1.29, 1.82) is 0 Å². The van der Waals surface area contributed by atoms with Gasteiger partial charge in [-0.05, 0) is 24.1 Å². The van der Waals surface area contributed by atoms with Crippen molar-refractivity contribution in [3.05, 3.63) is 65.4 Å². The molecule has 4 rings (SSSR count). The Kier molecular flexibility index (Phi) is 4.53. The van der Waals surface area contributed by atoms with E-state index in [1.165, 1.54) is 6.33 Å². The maximum absolute atomic E-state index is 14.6. The van der Waals surface area contributed by atoms with Crippen molar-refractivity contribution in [1.82, 2.24) is 29.7 Å². The van der Waals surface area contributed by atoms with Gasteiger partial charge >= 0.3 is 0 Å². The van der Waals surface area contributed by atoms with Crippen LogP contribution in [0.4, 0.5) is 4.39 Å². The maximum Gasteiger partial charge on any atom is 0.226 e. The lowest BCUT2D eigenvalue weighted by Crippen LogP contribution is -2.00. The molecule has 0 aliphatic heterocycles. The molecular weight excluding hydrogens is 347 g/mol. The minimum absolute atomic E-state index is 0.372. The molecule has 7 nitrogen and oxygen atoms in total. The van der Waals surface area contributed by atoms with Crippen LogP contribution in [0.2, 0.25) is 0 Å². The Bertz CT molecular complexity index is 1090. The Hall–Kier alpha value is -3.29. The first-order chi connectivity index (χ1) is 13.2. The highest BCUT2D eigenvalue weighted by atomic mass is 19.1. The zero-order valence-electron chi connectivity index (χ0n) is 15.1. The predicted octanol–water partition coefficient (Wildman–Crippen LogP) is 2.90. The summed E-state index contributed by atoms with van der Waals surface area (Å²) < 4.78 is 21.7. The van der Waals surface area contributed by atoms with E-state index in [1.807, 2.05) is 23.9 Å². The zero-order chi connectivity index (χ0) is 18.8. The Morgan fingerprint density at radius 1 is 1.19 bits per heavy atom. The molecule has 4 heterocycles. The molecule has 0 aliphatic rings. The number of pyridine rings is 1. The molecule has 0 amide bonds. The maximum atomic E-state index is 14.6. The second kappa shape index (κ2) is 7.14. The monoisotopic (exact) mass is 366 g/mol. The molecule has 1 N–H and O–H groups in total. The van der Waals surface area contributed by atoms with Gasteiger partial charge in [0.05, 0.1) is 18.7 Å². The van der Waals surface area contributed by atoms with Crippen molar-refractivity contribution in [3.8, 4) is 5.88 Å². The van der Waals surface area contributed by atoms with E-state index in [0.717, 1.165) is 23.1 Å². The largest absolute Gasteiger partial charge is 0.480 e. The van der Waals surface area contributed by atoms with Gasteiger partial charge in [-0.3, -0.25) is 4.68 Å². The quantitative estimate of drug-likeness (QED) is 0.531. The number of hydrogen-bond acceptors (Lipinski definition) is 5. The first-order valence-corrected chi connectivity index (χ1v) is 8.68. The highest BCUT2D eigenvalue weighted by Gasteiger charge is 2.15. The Morgan fingerprint density at radius 3 is 2.81 bits per heavy atom. The van der Waals surface area contributed by atoms with E-state index in [4.69, 9.17) is 4.74 Å². The number of aromatic amines is 1. The van der Waals surface area contributed by atoms with Crippen LogP contribution in [0.5, 0.6) is 5.88 Å². The number of hydrogen-bond donors (Lipinski definition) is 1. The average molecular weight is 366 g/mol. The molecule has 0 aliphatic carbocycles. The van der Waals surface area contributed by atoms with E-state index < -0.39 is 5.95 Å². The van der Waals surface area contributed by atoms with E-state index in [1.54, 1.807) is 25.6 Å². The van der Waals surface area contributed by atoms with Crippen LogP contribution in [-0.4, -0.2) is 36.8 Å². The van der Waals surface area contributed by atoms with E-state index >= 15 is 0 Å². The van der Waals surface area contributed by atoms with Crippen LogP contribution >= 0.6 is 0 Å². The fourth-order valence-corrected chi connectivity index (χ4v) is 3.11. The van der Waals surface area contributed by atoms with Crippen molar-refractivity contribution in [2.24, 2.45) is 0 Å². The third kappa shape index (κ3) is 3.38. The molecule has 0 spiro atoms. The molecule has 138 valence electrons. The molecule has 0 fully saturated rings. The van der Waals surface area contributed by atoms with Gasteiger partial charge in [0.25, 0.3) is 0 Å². The molecule has 0 bridgehead atoms. The van der Waals surface area contributed by atoms with Crippen LogP contribution in [-0.2, 0) is 19.4 Å². The van der Waals surface area contributed by atoms with Crippen LogP contribution in [0.3, 0.4) is 0 Å². The predicted molar refractivity (Wildman–Crippen MR) is 98.1 cm³/mol. The van der Waals surface area contributed by atoms with E-state index in [-0.39, 0.29) is 0 Å². The van der Waals surface area contributed by atoms with Gasteiger partial charge in [-0.25, -0.2) is 15.0 Å². The van der Waals surface area contributed by atoms with Gasteiger partial charge in [0.1, 0.15) is 12.0 Å². The standard InChI is InChI=1S/C19H19FN6O/c1-3-26-10-12(8-24-26)6-15-5-4-13(17(20)25-15)7-14-9-21-18-16(14)19(27-2)23-11-22-18/h4-5,8-11H,3,6-7H2,1-2H3,(H,21,22,23). The normalized spacial score (nSPS) is 11.2. The molecule has 4 aromatic heterocycles. The van der Waals surface area contributed by atoms with Gasteiger partial charge in [-0.1, -0.05) is 6.07 Å². The molecule has 0 unspecified atom stereocenters. The molecule has 0 saturated carbocycles. The number of aromatic nitrogens is 6. The number of methoxy groups -OCH3 is 1. The average Bonchev–Trinajstić information content (AvgIpc) is 3.30. The van der Waals surface area contributed by atoms with Gasteiger partial charge in [-0.2, -0.15) is 9.49 Å². The lowest BCUT2D eigenvalue weighted by atomic mass is 10.1. The number of fused-ring (bicyclic) bond motifs is 1. The minimum atomic E-state index is -0.472. The number of H-pyrrole nitrogens is 1. The van der Waals surface area contributed by atoms with Gasteiger partial charge < -0.3 is 9.72 Å². The van der Waals surface area contributed by atoms with Crippen molar-refractivity contribution in [2.75, 3.05) is 7.11 Å². The first-order valence-electron chi connectivity index (χ1n) is 8.68. The highest BCUT2D eigenvalue weighted by Crippen LogP contribution is 2.27. The second-order valence-corrected chi connectivity index (χ2v) is 6.23. The van der Waals surface area contributed by atoms with Crippen molar-refractivity contribution in [3.63, 3.8) is 0 Å². The fourth-order valence-electron chi connectivity index (χ4n) is 3.11. The van der Waals surface area contributed by atoms with E-state index in [2.05, 4.69) is 25.0 Å². The van der Waals surface area contributed by atoms with Crippen LogP contribution in [0.1, 0.15) is 29.3 Å². The Morgan fingerprint density at radius 2 is 2.07 bits per heavy atom. The summed E-state index contributed by atoms with van der Waals surface area (Å²) in [5.41, 5.74) is 3.71. The molecule has 0 atom stereocenters. The Balaban J connectivity index is 1.58. The summed E-state index contributed by atoms with van der Waals surface area (Å²) >= 11 is 0. The SMILES string of the molecule is CCn1cc(Cc2ccc(Cc3c[nH]c4ncnc(OC)c34)c(F)n2)cn1. The Labute approximate surface area is 155 Å². The van der Waals surface area contributed by atoms with Gasteiger partial charge in [0.2, 0.25) is 11.8 Å². The molecule has 0 radical (unpaired) electrons.